The lowest BCUT2D eigenvalue weighted by atomic mass is 10.0. The van der Waals surface area contributed by atoms with Crippen LogP contribution in [0.15, 0.2) is 95.9 Å². The number of hydrogen-bond acceptors (Lipinski definition) is 8. The molecule has 0 saturated heterocycles. The molecule has 1 N–H and O–H groups in total. The van der Waals surface area contributed by atoms with Crippen LogP contribution < -0.4 is 28.6 Å². The number of amides is 2. The molecule has 0 aliphatic heterocycles. The second-order valence-corrected chi connectivity index (χ2v) is 13.1. The van der Waals surface area contributed by atoms with Gasteiger partial charge in [0.15, 0.2) is 11.5 Å². The maximum Gasteiger partial charge on any atom is 0.265 e. The molecular formula is C36H40ClN3O8S. The van der Waals surface area contributed by atoms with Gasteiger partial charge in [-0.2, -0.15) is 0 Å². The number of likely N-dealkylation sites (N-methyl/N-ethyl adjacent to an activating group) is 1. The van der Waals surface area contributed by atoms with E-state index >= 15 is 0 Å². The first kappa shape index (κ1) is 36.9. The summed E-state index contributed by atoms with van der Waals surface area (Å²) in [7, 11) is 1.16. The minimum atomic E-state index is -4.50. The van der Waals surface area contributed by atoms with Crippen molar-refractivity contribution in [3.05, 3.63) is 107 Å². The highest BCUT2D eigenvalue weighted by Crippen LogP contribution is 2.38. The number of anilines is 1. The highest BCUT2D eigenvalue weighted by molar-refractivity contribution is 7.92. The third kappa shape index (κ3) is 8.95. The first-order valence-electron chi connectivity index (χ1n) is 15.4. The van der Waals surface area contributed by atoms with Crippen molar-refractivity contribution in [2.45, 2.75) is 30.8 Å². The molecule has 0 saturated carbocycles. The molecule has 13 heteroatoms. The standard InChI is InChI=1S/C36H40ClN3O8S/c1-6-38-36(42)31(20-25-11-8-7-9-12-25)39(23-26-13-10-14-27(37)19-26)35(41)24-40(30-21-28(45-2)15-17-32(30)46-3)49(43,44)29-16-18-33(47-4)34(22-29)48-5/h7-19,21-22,31H,6,20,23-24H2,1-5H3,(H,38,42). The topological polar surface area (TPSA) is 124 Å². The minimum absolute atomic E-state index is 0.0342. The van der Waals surface area contributed by atoms with Gasteiger partial charge in [0.05, 0.1) is 39.0 Å². The van der Waals surface area contributed by atoms with Crippen LogP contribution >= 0.6 is 11.6 Å². The first-order valence-corrected chi connectivity index (χ1v) is 17.2. The Morgan fingerprint density at radius 2 is 1.45 bits per heavy atom. The summed E-state index contributed by atoms with van der Waals surface area (Å²) in [4.78, 5) is 29.6. The molecule has 0 heterocycles. The number of halogens is 1. The van der Waals surface area contributed by atoms with Gasteiger partial charge in [-0.15, -0.1) is 0 Å². The van der Waals surface area contributed by atoms with Gasteiger partial charge in [-0.25, -0.2) is 8.42 Å². The van der Waals surface area contributed by atoms with Gasteiger partial charge in [-0.1, -0.05) is 54.1 Å². The van der Waals surface area contributed by atoms with Crippen LogP contribution in [0.1, 0.15) is 18.1 Å². The Kier molecular flexibility index (Phi) is 12.8. The predicted octanol–water partition coefficient (Wildman–Crippen LogP) is 5.35. The van der Waals surface area contributed by atoms with Crippen molar-refractivity contribution in [2.75, 3.05) is 45.8 Å². The normalized spacial score (nSPS) is 11.6. The molecule has 11 nitrogen and oxygen atoms in total. The Hall–Kier alpha value is -4.94. The van der Waals surface area contributed by atoms with Gasteiger partial charge < -0.3 is 29.2 Å². The summed E-state index contributed by atoms with van der Waals surface area (Å²) in [5, 5.41) is 3.29. The molecular weight excluding hydrogens is 670 g/mol. The predicted molar refractivity (Wildman–Crippen MR) is 188 cm³/mol. The van der Waals surface area contributed by atoms with Gasteiger partial charge in [0.1, 0.15) is 24.1 Å². The van der Waals surface area contributed by atoms with Gasteiger partial charge in [0.2, 0.25) is 11.8 Å². The molecule has 4 aromatic rings. The molecule has 1 unspecified atom stereocenters. The Balaban J connectivity index is 1.89. The third-order valence-electron chi connectivity index (χ3n) is 7.74. The van der Waals surface area contributed by atoms with Crippen molar-refractivity contribution in [1.82, 2.24) is 10.2 Å². The Morgan fingerprint density at radius 1 is 0.776 bits per heavy atom. The van der Waals surface area contributed by atoms with Crippen LogP contribution in [0.25, 0.3) is 0 Å². The van der Waals surface area contributed by atoms with Crippen LogP contribution in [0.2, 0.25) is 5.02 Å². The molecule has 0 bridgehead atoms. The molecule has 0 aromatic heterocycles. The van der Waals surface area contributed by atoms with E-state index in [4.69, 9.17) is 30.5 Å². The number of carbonyl (C=O) groups excluding carboxylic acids is 2. The summed E-state index contributed by atoms with van der Waals surface area (Å²) in [6.45, 7) is 1.37. The number of rotatable bonds is 16. The minimum Gasteiger partial charge on any atom is -0.497 e. The average Bonchev–Trinajstić information content (AvgIpc) is 3.11. The molecule has 4 rings (SSSR count). The van der Waals surface area contributed by atoms with Crippen molar-refractivity contribution in [1.29, 1.82) is 0 Å². The largest absolute Gasteiger partial charge is 0.497 e. The molecule has 2 amide bonds. The van der Waals surface area contributed by atoms with E-state index in [1.807, 2.05) is 30.3 Å². The number of benzene rings is 4. The van der Waals surface area contributed by atoms with Gasteiger partial charge in [-0.05, 0) is 54.4 Å². The third-order valence-corrected chi connectivity index (χ3v) is 9.73. The summed E-state index contributed by atoms with van der Waals surface area (Å²) in [6.07, 6.45) is 0.171. The quantitative estimate of drug-likeness (QED) is 0.165. The van der Waals surface area contributed by atoms with Crippen molar-refractivity contribution >= 4 is 39.1 Å². The SMILES string of the molecule is CCNC(=O)C(Cc1ccccc1)N(Cc1cccc(Cl)c1)C(=O)CN(c1cc(OC)ccc1OC)S(=O)(=O)c1ccc(OC)c(OC)c1. The fraction of sp³-hybridized carbons (Fsp3) is 0.278. The highest BCUT2D eigenvalue weighted by Gasteiger charge is 2.36. The van der Waals surface area contributed by atoms with Gasteiger partial charge in [0, 0.05) is 36.7 Å². The molecule has 0 radical (unpaired) electrons. The van der Waals surface area contributed by atoms with Crippen molar-refractivity contribution in [2.24, 2.45) is 0 Å². The number of sulfonamides is 1. The van der Waals surface area contributed by atoms with Crippen LogP contribution in [0, 0.1) is 0 Å². The lowest BCUT2D eigenvalue weighted by molar-refractivity contribution is -0.140. The van der Waals surface area contributed by atoms with E-state index in [2.05, 4.69) is 5.32 Å². The smallest absolute Gasteiger partial charge is 0.265 e. The first-order chi connectivity index (χ1) is 23.6. The zero-order valence-corrected chi connectivity index (χ0v) is 29.6. The zero-order valence-electron chi connectivity index (χ0n) is 28.0. The van der Waals surface area contributed by atoms with E-state index in [1.54, 1.807) is 43.3 Å². The van der Waals surface area contributed by atoms with Crippen LogP contribution in [0.5, 0.6) is 23.0 Å². The monoisotopic (exact) mass is 709 g/mol. The summed E-state index contributed by atoms with van der Waals surface area (Å²) in [6, 6.07) is 24.0. The Labute approximate surface area is 292 Å². The zero-order chi connectivity index (χ0) is 35.6. The molecule has 4 aromatic carbocycles. The number of nitrogens with one attached hydrogen (secondary N) is 1. The van der Waals surface area contributed by atoms with Crippen LogP contribution in [-0.4, -0.2) is 72.7 Å². The number of carbonyl (C=O) groups is 2. The summed E-state index contributed by atoms with van der Waals surface area (Å²) >= 11 is 6.31. The van der Waals surface area contributed by atoms with Crippen LogP contribution in [0.3, 0.4) is 0 Å². The Bertz CT molecular complexity index is 1860. The van der Waals surface area contributed by atoms with Gasteiger partial charge >= 0.3 is 0 Å². The van der Waals surface area contributed by atoms with E-state index in [0.717, 1.165) is 9.87 Å². The highest BCUT2D eigenvalue weighted by atomic mass is 35.5. The van der Waals surface area contributed by atoms with Gasteiger partial charge in [0.25, 0.3) is 10.0 Å². The summed E-state index contributed by atoms with van der Waals surface area (Å²) in [5.41, 5.74) is 1.51. The lowest BCUT2D eigenvalue weighted by Crippen LogP contribution is -2.53. The molecule has 49 heavy (non-hydrogen) atoms. The van der Waals surface area contributed by atoms with E-state index < -0.39 is 34.4 Å². The molecule has 0 spiro atoms. The molecule has 260 valence electrons. The maximum absolute atomic E-state index is 14.7. The van der Waals surface area contributed by atoms with E-state index in [0.29, 0.717) is 28.6 Å². The lowest BCUT2D eigenvalue weighted by Gasteiger charge is -2.34. The van der Waals surface area contributed by atoms with Crippen LogP contribution in [0.4, 0.5) is 5.69 Å². The maximum atomic E-state index is 14.7. The van der Waals surface area contributed by atoms with E-state index in [9.17, 15) is 18.0 Å². The number of hydrogen-bond donors (Lipinski definition) is 1. The van der Waals surface area contributed by atoms with E-state index in [1.165, 1.54) is 57.6 Å². The fourth-order valence-corrected chi connectivity index (χ4v) is 6.93. The number of nitrogens with zero attached hydrogens (tertiary/aromatic N) is 2. The second kappa shape index (κ2) is 16.9. The number of methoxy groups -OCH3 is 4. The van der Waals surface area contributed by atoms with Crippen LogP contribution in [-0.2, 0) is 32.6 Å². The molecule has 0 fully saturated rings. The van der Waals surface area contributed by atoms with Gasteiger partial charge in [-0.3, -0.25) is 13.9 Å². The molecule has 1 atom stereocenters. The summed E-state index contributed by atoms with van der Waals surface area (Å²) < 4.78 is 51.8. The molecule has 0 aliphatic rings. The number of ether oxygens (including phenoxy) is 4. The Morgan fingerprint density at radius 3 is 2.08 bits per heavy atom. The van der Waals surface area contributed by atoms with E-state index in [-0.39, 0.29) is 35.0 Å². The molecule has 0 aliphatic carbocycles. The van der Waals surface area contributed by atoms with Crippen molar-refractivity contribution in [3.63, 3.8) is 0 Å². The average molecular weight is 710 g/mol. The summed E-state index contributed by atoms with van der Waals surface area (Å²) in [5.74, 6) is -0.0499. The second-order valence-electron chi connectivity index (χ2n) is 10.8. The van der Waals surface area contributed by atoms with Crippen molar-refractivity contribution < 1.29 is 37.0 Å². The van der Waals surface area contributed by atoms with Crippen molar-refractivity contribution in [3.8, 4) is 23.0 Å². The fourth-order valence-electron chi connectivity index (χ4n) is 5.29.